The molecule has 0 N–H and O–H groups in total. The summed E-state index contributed by atoms with van der Waals surface area (Å²) in [4.78, 5) is 0. The van der Waals surface area contributed by atoms with Crippen molar-refractivity contribution in [2.45, 2.75) is 70.8 Å². The van der Waals surface area contributed by atoms with Crippen LogP contribution in [-0.4, -0.2) is 20.2 Å². The Balaban J connectivity index is 2.98. The molecule has 0 aromatic carbocycles. The molecule has 14 heavy (non-hydrogen) atoms. The van der Waals surface area contributed by atoms with Gasteiger partial charge < -0.3 is 4.12 Å². The van der Waals surface area contributed by atoms with Crippen LogP contribution in [0.3, 0.4) is 0 Å². The van der Waals surface area contributed by atoms with Gasteiger partial charge in [0.15, 0.2) is 0 Å². The van der Waals surface area contributed by atoms with E-state index in [-0.39, 0.29) is 9.76 Å². The molecular formula is C11H28OSi2. The van der Waals surface area contributed by atoms with Gasteiger partial charge in [0, 0.05) is 0 Å². The zero-order chi connectivity index (χ0) is 10.6. The molecule has 0 aromatic rings. The fraction of sp³-hybridized carbons (Fsp3) is 1.00. The van der Waals surface area contributed by atoms with Gasteiger partial charge in [0.1, 0.15) is 20.2 Å². The van der Waals surface area contributed by atoms with Crippen LogP contribution in [0.5, 0.6) is 0 Å². The standard InChI is InChI=1S/C11H28OSi2/c1-3-4-5-6-7-8-9-10-11(2)14-12-13/h11H,3-10,14H2,1-2,13H3. The predicted octanol–water partition coefficient (Wildman–Crippen LogP) is 2.32. The van der Waals surface area contributed by atoms with Gasteiger partial charge in [-0.2, -0.15) is 0 Å². The molecule has 0 spiro atoms. The Morgan fingerprint density at radius 1 is 1.07 bits per heavy atom. The van der Waals surface area contributed by atoms with Gasteiger partial charge in [-0.1, -0.05) is 65.2 Å². The zero-order valence-corrected chi connectivity index (χ0v) is 13.8. The SMILES string of the molecule is CCCCCCCCCC(C)[SiH2]O[SiH3]. The zero-order valence-electron chi connectivity index (χ0n) is 10.3. The second-order valence-electron chi connectivity index (χ2n) is 4.47. The van der Waals surface area contributed by atoms with E-state index in [1.807, 2.05) is 0 Å². The number of rotatable bonds is 10. The van der Waals surface area contributed by atoms with E-state index in [1.165, 1.54) is 51.4 Å². The first-order valence-electron chi connectivity index (χ1n) is 6.30. The van der Waals surface area contributed by atoms with Crippen LogP contribution in [0.25, 0.3) is 0 Å². The average Bonchev–Trinajstić information content (AvgIpc) is 2.17. The Labute approximate surface area is 95.5 Å². The highest BCUT2D eigenvalue weighted by Crippen LogP contribution is 2.15. The Hall–Kier alpha value is 0.394. The average molecular weight is 233 g/mol. The molecule has 0 aromatic heterocycles. The molecule has 0 heterocycles. The molecule has 0 aliphatic heterocycles. The molecule has 0 saturated carbocycles. The Kier molecular flexibility index (Phi) is 11.8. The molecule has 1 nitrogen and oxygen atoms in total. The molecule has 0 fully saturated rings. The molecule has 0 aliphatic rings. The molecule has 3 heteroatoms. The highest BCUT2D eigenvalue weighted by Gasteiger charge is 2.01. The molecule has 0 radical (unpaired) electrons. The van der Waals surface area contributed by atoms with Gasteiger partial charge in [-0.25, -0.2) is 0 Å². The first-order valence-corrected chi connectivity index (χ1v) is 8.51. The maximum atomic E-state index is 5.39. The quantitative estimate of drug-likeness (QED) is 0.415. The van der Waals surface area contributed by atoms with Gasteiger partial charge in [-0.05, 0) is 5.54 Å². The third kappa shape index (κ3) is 10.5. The minimum absolute atomic E-state index is 0.140. The topological polar surface area (TPSA) is 9.23 Å². The lowest BCUT2D eigenvalue weighted by molar-refractivity contribution is 0.556. The maximum absolute atomic E-state index is 5.39. The van der Waals surface area contributed by atoms with Crippen LogP contribution in [-0.2, 0) is 4.12 Å². The van der Waals surface area contributed by atoms with E-state index in [0.29, 0.717) is 0 Å². The summed E-state index contributed by atoms with van der Waals surface area (Å²) < 4.78 is 5.39. The molecule has 0 bridgehead atoms. The second-order valence-corrected chi connectivity index (χ2v) is 8.51. The number of hydrogen-bond acceptors (Lipinski definition) is 1. The molecule has 86 valence electrons. The fourth-order valence-electron chi connectivity index (χ4n) is 1.82. The Bertz CT molecular complexity index is 109. The van der Waals surface area contributed by atoms with Crippen LogP contribution in [0.4, 0.5) is 0 Å². The summed E-state index contributed by atoms with van der Waals surface area (Å²) >= 11 is 0. The van der Waals surface area contributed by atoms with Crippen molar-refractivity contribution in [1.82, 2.24) is 0 Å². The van der Waals surface area contributed by atoms with Crippen molar-refractivity contribution < 1.29 is 4.12 Å². The molecular weight excluding hydrogens is 204 g/mol. The van der Waals surface area contributed by atoms with Crippen LogP contribution in [0.15, 0.2) is 0 Å². The number of hydrogen-bond donors (Lipinski definition) is 0. The van der Waals surface area contributed by atoms with Gasteiger partial charge >= 0.3 is 0 Å². The van der Waals surface area contributed by atoms with Crippen molar-refractivity contribution >= 4 is 20.2 Å². The van der Waals surface area contributed by atoms with E-state index >= 15 is 0 Å². The van der Waals surface area contributed by atoms with Crippen LogP contribution in [0, 0.1) is 0 Å². The molecule has 0 rings (SSSR count). The summed E-state index contributed by atoms with van der Waals surface area (Å²) in [5, 5.41) is 0. The van der Waals surface area contributed by atoms with Crippen molar-refractivity contribution in [3.63, 3.8) is 0 Å². The van der Waals surface area contributed by atoms with Crippen molar-refractivity contribution in [3.8, 4) is 0 Å². The maximum Gasteiger partial charge on any atom is 0.148 e. The third-order valence-electron chi connectivity index (χ3n) is 2.75. The Morgan fingerprint density at radius 2 is 1.64 bits per heavy atom. The van der Waals surface area contributed by atoms with E-state index in [9.17, 15) is 0 Å². The van der Waals surface area contributed by atoms with E-state index < -0.39 is 0 Å². The summed E-state index contributed by atoms with van der Waals surface area (Å²) in [5.74, 6) is 0. The monoisotopic (exact) mass is 232 g/mol. The minimum Gasteiger partial charge on any atom is -0.468 e. The van der Waals surface area contributed by atoms with Gasteiger partial charge in [-0.15, -0.1) is 0 Å². The van der Waals surface area contributed by atoms with Gasteiger partial charge in [-0.3, -0.25) is 0 Å². The van der Waals surface area contributed by atoms with E-state index in [0.717, 1.165) is 16.0 Å². The van der Waals surface area contributed by atoms with Crippen molar-refractivity contribution in [1.29, 1.82) is 0 Å². The largest absolute Gasteiger partial charge is 0.468 e. The summed E-state index contributed by atoms with van der Waals surface area (Å²) in [6, 6.07) is 0. The summed E-state index contributed by atoms with van der Waals surface area (Å²) in [6.07, 6.45) is 11.5. The lowest BCUT2D eigenvalue weighted by atomic mass is 10.1. The fourth-order valence-corrected chi connectivity index (χ4v) is 4.55. The molecule has 1 unspecified atom stereocenters. The van der Waals surface area contributed by atoms with Gasteiger partial charge in [0.25, 0.3) is 0 Å². The highest BCUT2D eigenvalue weighted by molar-refractivity contribution is 6.35. The van der Waals surface area contributed by atoms with E-state index in [4.69, 9.17) is 4.12 Å². The third-order valence-corrected chi connectivity index (χ3v) is 5.06. The molecule has 0 aliphatic carbocycles. The number of unbranched alkanes of at least 4 members (excludes halogenated alkanes) is 6. The smallest absolute Gasteiger partial charge is 0.148 e. The predicted molar refractivity (Wildman–Crippen MR) is 71.6 cm³/mol. The van der Waals surface area contributed by atoms with Gasteiger partial charge in [0.05, 0.1) is 0 Å². The minimum atomic E-state index is -0.140. The van der Waals surface area contributed by atoms with Crippen LogP contribution in [0.2, 0.25) is 5.54 Å². The first-order chi connectivity index (χ1) is 6.81. The van der Waals surface area contributed by atoms with Crippen molar-refractivity contribution in [2.24, 2.45) is 0 Å². The first kappa shape index (κ1) is 14.4. The Morgan fingerprint density at radius 3 is 2.21 bits per heavy atom. The lowest BCUT2D eigenvalue weighted by Gasteiger charge is -2.08. The van der Waals surface area contributed by atoms with Crippen LogP contribution < -0.4 is 0 Å². The van der Waals surface area contributed by atoms with Crippen LogP contribution in [0.1, 0.15) is 65.2 Å². The van der Waals surface area contributed by atoms with Crippen molar-refractivity contribution in [2.75, 3.05) is 0 Å². The summed E-state index contributed by atoms with van der Waals surface area (Å²) in [7, 11) is 0.820. The second kappa shape index (κ2) is 11.5. The van der Waals surface area contributed by atoms with Crippen molar-refractivity contribution in [3.05, 3.63) is 0 Å². The normalized spacial score (nSPS) is 14.1. The molecule has 1 atom stereocenters. The molecule has 0 saturated heterocycles. The van der Waals surface area contributed by atoms with Gasteiger partial charge in [0.2, 0.25) is 0 Å². The van der Waals surface area contributed by atoms with E-state index in [2.05, 4.69) is 13.8 Å². The summed E-state index contributed by atoms with van der Waals surface area (Å²) in [6.45, 7) is 4.64. The molecule has 0 amide bonds. The summed E-state index contributed by atoms with van der Waals surface area (Å²) in [5.41, 5.74) is 0.920. The lowest BCUT2D eigenvalue weighted by Crippen LogP contribution is -2.02. The van der Waals surface area contributed by atoms with E-state index in [1.54, 1.807) is 0 Å². The van der Waals surface area contributed by atoms with Crippen LogP contribution >= 0.6 is 0 Å². The highest BCUT2D eigenvalue weighted by atomic mass is 28.3.